The monoisotopic (exact) mass is 238 g/mol. The summed E-state index contributed by atoms with van der Waals surface area (Å²) in [4.78, 5) is 0. The number of hydrogen-bond acceptors (Lipinski definition) is 2. The highest BCUT2D eigenvalue weighted by atomic mass is 19.4. The largest absolute Gasteiger partial charge is 0.390 e. The normalized spacial score (nSPS) is 15.4. The van der Waals surface area contributed by atoms with E-state index in [-0.39, 0.29) is 12.8 Å². The van der Waals surface area contributed by atoms with Crippen LogP contribution in [0.3, 0.4) is 0 Å². The van der Waals surface area contributed by atoms with Gasteiger partial charge < -0.3 is 0 Å². The summed E-state index contributed by atoms with van der Waals surface area (Å²) < 4.78 is 70.5. The second-order valence-corrected chi connectivity index (χ2v) is 3.19. The molecule has 0 saturated carbocycles. The Labute approximate surface area is 82.8 Å². The van der Waals surface area contributed by atoms with E-state index >= 15 is 0 Å². The maximum atomic E-state index is 11.8. The molecule has 0 aromatic rings. The number of rotatable bonds is 5. The van der Waals surface area contributed by atoms with Crippen LogP contribution in [-0.4, -0.2) is 18.4 Å². The van der Waals surface area contributed by atoms with E-state index in [4.69, 9.17) is 5.84 Å². The van der Waals surface area contributed by atoms with Crippen molar-refractivity contribution in [2.24, 2.45) is 5.84 Å². The average molecular weight is 238 g/mol. The van der Waals surface area contributed by atoms with Crippen molar-refractivity contribution in [2.75, 3.05) is 0 Å². The van der Waals surface area contributed by atoms with Crippen LogP contribution in [0.4, 0.5) is 26.3 Å². The van der Waals surface area contributed by atoms with Gasteiger partial charge in [0.25, 0.3) is 0 Å². The number of nitrogens with one attached hydrogen (secondary N) is 1. The Bertz CT molecular complexity index is 175. The molecule has 92 valence electrons. The van der Waals surface area contributed by atoms with Gasteiger partial charge in [-0.15, -0.1) is 0 Å². The van der Waals surface area contributed by atoms with E-state index in [9.17, 15) is 26.3 Å². The first-order valence-corrected chi connectivity index (χ1v) is 4.23. The minimum atomic E-state index is -4.42. The van der Waals surface area contributed by atoms with Crippen LogP contribution in [0.2, 0.25) is 0 Å². The van der Waals surface area contributed by atoms with Crippen molar-refractivity contribution in [1.29, 1.82) is 0 Å². The minimum Gasteiger partial charge on any atom is -0.271 e. The molecule has 0 saturated heterocycles. The summed E-state index contributed by atoms with van der Waals surface area (Å²) in [5, 5.41) is 0. The van der Waals surface area contributed by atoms with Gasteiger partial charge in [0.1, 0.15) is 0 Å². The molecule has 0 aromatic heterocycles. The van der Waals surface area contributed by atoms with E-state index in [1.807, 2.05) is 5.43 Å². The molecule has 15 heavy (non-hydrogen) atoms. The summed E-state index contributed by atoms with van der Waals surface area (Å²) in [7, 11) is 0. The molecule has 3 N–H and O–H groups in total. The SMILES string of the molecule is NNC(CCCC(F)(F)F)CC(F)(F)F. The highest BCUT2D eigenvalue weighted by Gasteiger charge is 2.32. The van der Waals surface area contributed by atoms with Crippen molar-refractivity contribution in [3.05, 3.63) is 0 Å². The molecule has 2 nitrogen and oxygen atoms in total. The van der Waals surface area contributed by atoms with E-state index in [0.717, 1.165) is 0 Å². The molecular weight excluding hydrogens is 226 g/mol. The van der Waals surface area contributed by atoms with Crippen LogP contribution in [0, 0.1) is 0 Å². The molecule has 0 aliphatic rings. The third-order valence-corrected chi connectivity index (χ3v) is 1.73. The first-order chi connectivity index (χ1) is 6.64. The lowest BCUT2D eigenvalue weighted by Crippen LogP contribution is -2.38. The van der Waals surface area contributed by atoms with Gasteiger partial charge in [-0.1, -0.05) is 0 Å². The fraction of sp³-hybridized carbons (Fsp3) is 1.00. The highest BCUT2D eigenvalue weighted by molar-refractivity contribution is 4.69. The van der Waals surface area contributed by atoms with Gasteiger partial charge >= 0.3 is 12.4 Å². The van der Waals surface area contributed by atoms with Gasteiger partial charge in [0.15, 0.2) is 0 Å². The lowest BCUT2D eigenvalue weighted by atomic mass is 10.1. The van der Waals surface area contributed by atoms with E-state index in [1.165, 1.54) is 0 Å². The Balaban J connectivity index is 3.82. The molecule has 0 amide bonds. The van der Waals surface area contributed by atoms with Crippen LogP contribution >= 0.6 is 0 Å². The highest BCUT2D eigenvalue weighted by Crippen LogP contribution is 2.26. The first-order valence-electron chi connectivity index (χ1n) is 4.23. The van der Waals surface area contributed by atoms with E-state index in [2.05, 4.69) is 0 Å². The summed E-state index contributed by atoms with van der Waals surface area (Å²) in [6.07, 6.45) is -11.7. The average Bonchev–Trinajstić information content (AvgIpc) is 1.97. The minimum absolute atomic E-state index is 0.254. The standard InChI is InChI=1S/C7H12F6N2/c8-6(9,10)3-1-2-5(15-14)4-7(11,12)13/h5,15H,1-4,14H2. The Hall–Kier alpha value is -0.500. The van der Waals surface area contributed by atoms with Crippen LogP contribution in [0.25, 0.3) is 0 Å². The Morgan fingerprint density at radius 3 is 1.87 bits per heavy atom. The molecule has 0 radical (unpaired) electrons. The fourth-order valence-electron chi connectivity index (χ4n) is 1.07. The van der Waals surface area contributed by atoms with Crippen molar-refractivity contribution in [2.45, 2.75) is 44.1 Å². The zero-order chi connectivity index (χ0) is 12.1. The topological polar surface area (TPSA) is 38.0 Å². The smallest absolute Gasteiger partial charge is 0.271 e. The molecule has 0 heterocycles. The van der Waals surface area contributed by atoms with Gasteiger partial charge in [-0.2, -0.15) is 26.3 Å². The van der Waals surface area contributed by atoms with Gasteiger partial charge in [0.05, 0.1) is 6.42 Å². The maximum absolute atomic E-state index is 11.8. The second-order valence-electron chi connectivity index (χ2n) is 3.19. The summed E-state index contributed by atoms with van der Waals surface area (Å²) in [6.45, 7) is 0. The van der Waals surface area contributed by atoms with Crippen molar-refractivity contribution in [1.82, 2.24) is 5.43 Å². The van der Waals surface area contributed by atoms with E-state index < -0.39 is 31.2 Å². The van der Waals surface area contributed by atoms with Crippen molar-refractivity contribution in [3.63, 3.8) is 0 Å². The summed E-state index contributed by atoms with van der Waals surface area (Å²) in [5.74, 6) is 4.80. The molecule has 0 spiro atoms. The third kappa shape index (κ3) is 9.80. The quantitative estimate of drug-likeness (QED) is 0.438. The van der Waals surface area contributed by atoms with Crippen LogP contribution in [0.1, 0.15) is 25.7 Å². The molecule has 0 rings (SSSR count). The lowest BCUT2D eigenvalue weighted by Gasteiger charge is -2.17. The van der Waals surface area contributed by atoms with Gasteiger partial charge in [-0.25, -0.2) is 0 Å². The third-order valence-electron chi connectivity index (χ3n) is 1.73. The van der Waals surface area contributed by atoms with Crippen molar-refractivity contribution < 1.29 is 26.3 Å². The van der Waals surface area contributed by atoms with Crippen molar-refractivity contribution >= 4 is 0 Å². The number of halogens is 6. The molecule has 1 atom stereocenters. The van der Waals surface area contributed by atoms with Crippen LogP contribution in [0.5, 0.6) is 0 Å². The molecule has 0 aromatic carbocycles. The van der Waals surface area contributed by atoms with Crippen LogP contribution < -0.4 is 11.3 Å². The van der Waals surface area contributed by atoms with Gasteiger partial charge in [-0.3, -0.25) is 11.3 Å². The van der Waals surface area contributed by atoms with Gasteiger partial charge in [0, 0.05) is 12.5 Å². The number of hydrazine groups is 1. The molecule has 8 heteroatoms. The van der Waals surface area contributed by atoms with Gasteiger partial charge in [0.2, 0.25) is 0 Å². The fourth-order valence-corrected chi connectivity index (χ4v) is 1.07. The number of alkyl halides is 6. The predicted octanol–water partition coefficient (Wildman–Crippen LogP) is 2.50. The summed E-state index contributed by atoms with van der Waals surface area (Å²) in [6, 6.07) is -1.16. The van der Waals surface area contributed by atoms with E-state index in [1.54, 1.807) is 0 Å². The molecule has 0 aliphatic carbocycles. The Morgan fingerprint density at radius 2 is 1.53 bits per heavy atom. The molecular formula is C7H12F6N2. The number of hydrogen-bond donors (Lipinski definition) is 2. The number of nitrogens with two attached hydrogens (primary N) is 1. The first kappa shape index (κ1) is 14.5. The second kappa shape index (κ2) is 5.55. The molecule has 0 bridgehead atoms. The maximum Gasteiger partial charge on any atom is 0.390 e. The lowest BCUT2D eigenvalue weighted by molar-refractivity contribution is -0.143. The van der Waals surface area contributed by atoms with E-state index in [0.29, 0.717) is 0 Å². The molecule has 0 fully saturated rings. The summed E-state index contributed by atoms with van der Waals surface area (Å²) in [5.41, 5.74) is 1.86. The zero-order valence-corrected chi connectivity index (χ0v) is 7.75. The zero-order valence-electron chi connectivity index (χ0n) is 7.75. The van der Waals surface area contributed by atoms with Gasteiger partial charge in [-0.05, 0) is 12.8 Å². The van der Waals surface area contributed by atoms with Crippen LogP contribution in [0.15, 0.2) is 0 Å². The Morgan fingerprint density at radius 1 is 1.00 bits per heavy atom. The predicted molar refractivity (Wildman–Crippen MR) is 41.7 cm³/mol. The molecule has 1 unspecified atom stereocenters. The Kier molecular flexibility index (Phi) is 5.36. The van der Waals surface area contributed by atoms with Crippen molar-refractivity contribution in [3.8, 4) is 0 Å². The van der Waals surface area contributed by atoms with Crippen LogP contribution in [-0.2, 0) is 0 Å². The molecule has 0 aliphatic heterocycles. The summed E-state index contributed by atoms with van der Waals surface area (Å²) >= 11 is 0.